The van der Waals surface area contributed by atoms with Gasteiger partial charge in [-0.1, -0.05) is 19.9 Å². The van der Waals surface area contributed by atoms with Crippen LogP contribution in [0.2, 0.25) is 0 Å². The maximum absolute atomic E-state index is 4.62. The van der Waals surface area contributed by atoms with Crippen LogP contribution in [0.4, 0.5) is 5.82 Å². The summed E-state index contributed by atoms with van der Waals surface area (Å²) in [6.45, 7) is 7.17. The molecule has 0 saturated heterocycles. The second kappa shape index (κ2) is 6.27. The lowest BCUT2D eigenvalue weighted by molar-refractivity contribution is 0.909. The minimum atomic E-state index is 0.820. The van der Waals surface area contributed by atoms with E-state index in [2.05, 4.69) is 34.1 Å². The zero-order valence-electron chi connectivity index (χ0n) is 11.8. The molecule has 0 atom stereocenters. The van der Waals surface area contributed by atoms with Crippen molar-refractivity contribution in [3.8, 4) is 11.4 Å². The number of pyridine rings is 1. The molecule has 0 bridgehead atoms. The molecule has 0 aliphatic rings. The van der Waals surface area contributed by atoms with Crippen molar-refractivity contribution in [2.75, 3.05) is 11.9 Å². The summed E-state index contributed by atoms with van der Waals surface area (Å²) in [6, 6.07) is 5.88. The summed E-state index contributed by atoms with van der Waals surface area (Å²) in [5.74, 6) is 1.78. The second-order valence-electron chi connectivity index (χ2n) is 4.46. The van der Waals surface area contributed by atoms with Crippen molar-refractivity contribution in [2.45, 2.75) is 33.6 Å². The molecule has 0 aliphatic carbocycles. The minimum Gasteiger partial charge on any atom is -0.370 e. The van der Waals surface area contributed by atoms with Gasteiger partial charge in [-0.15, -0.1) is 0 Å². The van der Waals surface area contributed by atoms with Crippen LogP contribution >= 0.6 is 0 Å². The highest BCUT2D eigenvalue weighted by Crippen LogP contribution is 2.24. The van der Waals surface area contributed by atoms with Gasteiger partial charge in [0.25, 0.3) is 0 Å². The van der Waals surface area contributed by atoms with Crippen LogP contribution in [0.1, 0.15) is 31.7 Å². The second-order valence-corrected chi connectivity index (χ2v) is 4.46. The van der Waals surface area contributed by atoms with E-state index in [1.54, 1.807) is 6.20 Å². The maximum atomic E-state index is 4.62. The van der Waals surface area contributed by atoms with E-state index in [4.69, 9.17) is 0 Å². The molecule has 2 aromatic heterocycles. The molecule has 2 rings (SSSR count). The van der Waals surface area contributed by atoms with Gasteiger partial charge in [-0.25, -0.2) is 9.97 Å². The topological polar surface area (TPSA) is 50.7 Å². The van der Waals surface area contributed by atoms with Crippen LogP contribution in [0.5, 0.6) is 0 Å². The van der Waals surface area contributed by atoms with E-state index < -0.39 is 0 Å². The van der Waals surface area contributed by atoms with Crippen LogP contribution < -0.4 is 5.32 Å². The molecule has 0 amide bonds. The fourth-order valence-electron chi connectivity index (χ4n) is 1.89. The Kier molecular flexibility index (Phi) is 4.44. The SMILES string of the molecule is CCCNc1nc(CC)nc(-c2ccccn2)c1C. The molecule has 0 radical (unpaired) electrons. The third kappa shape index (κ3) is 3.08. The largest absolute Gasteiger partial charge is 0.370 e. The number of nitrogens with zero attached hydrogens (tertiary/aromatic N) is 3. The van der Waals surface area contributed by atoms with Crippen LogP contribution in [0.25, 0.3) is 11.4 Å². The molecule has 1 N–H and O–H groups in total. The number of hydrogen-bond donors (Lipinski definition) is 1. The van der Waals surface area contributed by atoms with Gasteiger partial charge in [0.1, 0.15) is 11.6 Å². The van der Waals surface area contributed by atoms with Gasteiger partial charge in [0.05, 0.1) is 11.4 Å². The first kappa shape index (κ1) is 13.5. The lowest BCUT2D eigenvalue weighted by atomic mass is 10.1. The van der Waals surface area contributed by atoms with Gasteiger partial charge in [-0.2, -0.15) is 0 Å². The highest BCUT2D eigenvalue weighted by Gasteiger charge is 2.12. The fraction of sp³-hybridized carbons (Fsp3) is 0.400. The quantitative estimate of drug-likeness (QED) is 0.892. The van der Waals surface area contributed by atoms with E-state index in [1.165, 1.54) is 0 Å². The van der Waals surface area contributed by atoms with E-state index >= 15 is 0 Å². The van der Waals surface area contributed by atoms with Crippen molar-refractivity contribution in [1.82, 2.24) is 15.0 Å². The van der Waals surface area contributed by atoms with Gasteiger partial charge in [-0.3, -0.25) is 4.98 Å². The molecule has 0 aliphatic heterocycles. The summed E-state index contributed by atoms with van der Waals surface area (Å²) in [4.78, 5) is 13.6. The van der Waals surface area contributed by atoms with Gasteiger partial charge in [0, 0.05) is 24.7 Å². The first-order valence-corrected chi connectivity index (χ1v) is 6.79. The third-order valence-electron chi connectivity index (χ3n) is 2.96. The number of nitrogens with one attached hydrogen (secondary N) is 1. The van der Waals surface area contributed by atoms with Crippen molar-refractivity contribution >= 4 is 5.82 Å². The molecule has 19 heavy (non-hydrogen) atoms. The monoisotopic (exact) mass is 256 g/mol. The summed E-state index contributed by atoms with van der Waals surface area (Å²) in [5.41, 5.74) is 2.88. The van der Waals surface area contributed by atoms with Crippen LogP contribution in [-0.2, 0) is 6.42 Å². The Hall–Kier alpha value is -1.97. The Bertz CT molecular complexity index is 537. The molecule has 0 spiro atoms. The molecule has 4 nitrogen and oxygen atoms in total. The standard InChI is InChI=1S/C15H20N4/c1-4-9-17-15-11(3)14(18-13(5-2)19-15)12-8-6-7-10-16-12/h6-8,10H,4-5,9H2,1-3H3,(H,17,18,19). The van der Waals surface area contributed by atoms with Gasteiger partial charge < -0.3 is 5.32 Å². The minimum absolute atomic E-state index is 0.820. The van der Waals surface area contributed by atoms with E-state index in [1.807, 2.05) is 25.1 Å². The molecule has 4 heteroatoms. The van der Waals surface area contributed by atoms with Crippen molar-refractivity contribution in [1.29, 1.82) is 0 Å². The average molecular weight is 256 g/mol. The van der Waals surface area contributed by atoms with Crippen molar-refractivity contribution in [3.05, 3.63) is 35.8 Å². The van der Waals surface area contributed by atoms with E-state index in [0.29, 0.717) is 0 Å². The number of hydrogen-bond acceptors (Lipinski definition) is 4. The average Bonchev–Trinajstić information content (AvgIpc) is 2.47. The Morgan fingerprint density at radius 2 is 2.00 bits per heavy atom. The zero-order valence-corrected chi connectivity index (χ0v) is 11.8. The number of aromatic nitrogens is 3. The van der Waals surface area contributed by atoms with Crippen molar-refractivity contribution in [3.63, 3.8) is 0 Å². The number of rotatable bonds is 5. The highest BCUT2D eigenvalue weighted by molar-refractivity contribution is 5.65. The predicted octanol–water partition coefficient (Wildman–Crippen LogP) is 3.23. The van der Waals surface area contributed by atoms with Crippen molar-refractivity contribution < 1.29 is 0 Å². The molecular formula is C15H20N4. The highest BCUT2D eigenvalue weighted by atomic mass is 15.0. The summed E-state index contributed by atoms with van der Waals surface area (Å²) >= 11 is 0. The molecule has 2 aromatic rings. The summed E-state index contributed by atoms with van der Waals surface area (Å²) in [5, 5.41) is 3.37. The summed E-state index contributed by atoms with van der Waals surface area (Å²) in [7, 11) is 0. The van der Waals surface area contributed by atoms with Crippen LogP contribution in [0.15, 0.2) is 24.4 Å². The molecule has 0 unspecified atom stereocenters. The van der Waals surface area contributed by atoms with E-state index in [9.17, 15) is 0 Å². The van der Waals surface area contributed by atoms with E-state index in [-0.39, 0.29) is 0 Å². The Labute approximate surface area is 114 Å². The maximum Gasteiger partial charge on any atom is 0.133 e. The van der Waals surface area contributed by atoms with Crippen molar-refractivity contribution in [2.24, 2.45) is 0 Å². The lowest BCUT2D eigenvalue weighted by Gasteiger charge is -2.12. The lowest BCUT2D eigenvalue weighted by Crippen LogP contribution is -2.09. The number of anilines is 1. The summed E-state index contributed by atoms with van der Waals surface area (Å²) in [6.07, 6.45) is 3.69. The Morgan fingerprint density at radius 3 is 2.63 bits per heavy atom. The molecule has 2 heterocycles. The smallest absolute Gasteiger partial charge is 0.133 e. The molecule has 0 saturated carbocycles. The molecule has 0 aromatic carbocycles. The first-order valence-electron chi connectivity index (χ1n) is 6.79. The van der Waals surface area contributed by atoms with Gasteiger partial charge in [0.15, 0.2) is 0 Å². The van der Waals surface area contributed by atoms with Gasteiger partial charge >= 0.3 is 0 Å². The van der Waals surface area contributed by atoms with E-state index in [0.717, 1.165) is 48.0 Å². The van der Waals surface area contributed by atoms with Crippen LogP contribution in [0.3, 0.4) is 0 Å². The summed E-state index contributed by atoms with van der Waals surface area (Å²) < 4.78 is 0. The predicted molar refractivity (Wildman–Crippen MR) is 78.2 cm³/mol. The normalized spacial score (nSPS) is 10.5. The van der Waals surface area contributed by atoms with Gasteiger partial charge in [0.2, 0.25) is 0 Å². The third-order valence-corrected chi connectivity index (χ3v) is 2.96. The Morgan fingerprint density at radius 1 is 1.16 bits per heavy atom. The Balaban J connectivity index is 2.47. The fourth-order valence-corrected chi connectivity index (χ4v) is 1.89. The molecule has 0 fully saturated rings. The zero-order chi connectivity index (χ0) is 13.7. The molecule has 100 valence electrons. The van der Waals surface area contributed by atoms with Gasteiger partial charge in [-0.05, 0) is 25.5 Å². The van der Waals surface area contributed by atoms with Crippen LogP contribution in [0, 0.1) is 6.92 Å². The number of aryl methyl sites for hydroxylation is 1. The first-order chi connectivity index (χ1) is 9.26. The molecular weight excluding hydrogens is 236 g/mol. The van der Waals surface area contributed by atoms with Crippen LogP contribution in [-0.4, -0.2) is 21.5 Å².